The SMILES string of the molecule is CCOC(=O)C(F)(F)c1ccccn1.OCC(F)(F)c1ccccn1.[CH-]=O.[Cl][RuH+2].c1ccc([PH+](CCNCC[PH+](c2ccccc2)c2ccccc2)c2ccccc2)cc1. The summed E-state index contributed by atoms with van der Waals surface area (Å²) in [4.78, 5) is 25.4. The van der Waals surface area contributed by atoms with Crippen LogP contribution in [0.5, 0.6) is 0 Å². The zero-order valence-electron chi connectivity index (χ0n) is 32.8. The molecule has 15 heteroatoms. The monoisotopic (exact) mass is 970 g/mol. The Morgan fingerprint density at radius 1 is 0.633 bits per heavy atom. The van der Waals surface area contributed by atoms with E-state index in [9.17, 15) is 22.4 Å². The van der Waals surface area contributed by atoms with Gasteiger partial charge in [-0.15, -0.1) is 0 Å². The van der Waals surface area contributed by atoms with Gasteiger partial charge in [0.2, 0.25) is 0 Å². The number of aromatic nitrogens is 2. The second-order valence-electron chi connectivity index (χ2n) is 12.3. The Morgan fingerprint density at radius 2 is 0.967 bits per heavy atom. The molecule has 0 atom stereocenters. The number of hydrogen-bond acceptors (Lipinski definition) is 7. The minimum Gasteiger partial charge on any atom is -0.310 e. The summed E-state index contributed by atoms with van der Waals surface area (Å²) in [6, 6.07) is 52.3. The van der Waals surface area contributed by atoms with Crippen molar-refractivity contribution in [2.24, 2.45) is 0 Å². The fourth-order valence-corrected chi connectivity index (χ4v) is 10.6. The van der Waals surface area contributed by atoms with Crippen LogP contribution in [0, 0.1) is 0 Å². The molecule has 0 unspecified atom stereocenters. The summed E-state index contributed by atoms with van der Waals surface area (Å²) in [5.41, 5.74) is -0.999. The number of carbonyl (C=O) groups excluding carboxylic acids is 2. The van der Waals surface area contributed by atoms with Gasteiger partial charge in [-0.25, -0.2) is 4.79 Å². The summed E-state index contributed by atoms with van der Waals surface area (Å²) < 4.78 is 55.8. The number of rotatable bonds is 15. The third-order valence-corrected chi connectivity index (χ3v) is 14.0. The van der Waals surface area contributed by atoms with Crippen molar-refractivity contribution in [2.45, 2.75) is 18.8 Å². The Bertz CT molecular complexity index is 1830. The van der Waals surface area contributed by atoms with Crippen LogP contribution >= 0.6 is 25.5 Å². The van der Waals surface area contributed by atoms with E-state index in [0.717, 1.165) is 19.2 Å². The second-order valence-corrected chi connectivity index (χ2v) is 17.5. The number of ether oxygens (including phenoxy) is 1. The molecule has 318 valence electrons. The van der Waals surface area contributed by atoms with E-state index in [1.165, 1.54) is 83.2 Å². The number of alkyl halides is 4. The fraction of sp³-hybridized carbons (Fsp3) is 0.200. The molecule has 0 aliphatic rings. The molecule has 6 rings (SSSR count). The average molecular weight is 970 g/mol. The van der Waals surface area contributed by atoms with Crippen molar-refractivity contribution in [3.63, 3.8) is 0 Å². The van der Waals surface area contributed by atoms with Gasteiger partial charge in [-0.2, -0.15) is 17.6 Å². The second kappa shape index (κ2) is 29.9. The third-order valence-electron chi connectivity index (χ3n) is 8.35. The zero-order valence-corrected chi connectivity index (χ0v) is 37.4. The smallest absolute Gasteiger partial charge is 0.0967 e. The molecule has 6 aromatic rings. The minimum absolute atomic E-state index is 0.0821. The van der Waals surface area contributed by atoms with E-state index in [4.69, 9.17) is 9.90 Å². The van der Waals surface area contributed by atoms with E-state index >= 15 is 0 Å². The number of aliphatic hydroxyl groups is 1. The van der Waals surface area contributed by atoms with E-state index in [0.29, 0.717) is 0 Å². The Balaban J connectivity index is 0.000000353. The number of nitrogens with zero attached hydrogens (tertiary/aromatic N) is 2. The van der Waals surface area contributed by atoms with Gasteiger partial charge in [0, 0.05) is 25.5 Å². The molecule has 0 aliphatic carbocycles. The summed E-state index contributed by atoms with van der Waals surface area (Å²) in [7, 11) is 3.09. The molecule has 2 N–H and O–H groups in total. The average Bonchev–Trinajstić information content (AvgIpc) is 3.32. The summed E-state index contributed by atoms with van der Waals surface area (Å²) in [6.07, 6.45) is 4.87. The van der Waals surface area contributed by atoms with E-state index < -0.39 is 51.7 Å². The summed E-state index contributed by atoms with van der Waals surface area (Å²) in [5.74, 6) is -8.46. The molecular weight excluding hydrogens is 921 g/mol. The normalized spacial score (nSPS) is 10.6. The molecular formula is C45H49ClF4N3O4P2Ru+3. The van der Waals surface area contributed by atoms with E-state index in [1.807, 2.05) is 0 Å². The minimum atomic E-state index is -3.67. The van der Waals surface area contributed by atoms with Crippen LogP contribution in [0.3, 0.4) is 0 Å². The van der Waals surface area contributed by atoms with Crippen molar-refractivity contribution in [3.05, 3.63) is 182 Å². The van der Waals surface area contributed by atoms with Crippen molar-refractivity contribution in [1.82, 2.24) is 15.3 Å². The molecule has 0 amide bonds. The Labute approximate surface area is 366 Å². The summed E-state index contributed by atoms with van der Waals surface area (Å²) in [5, 5.41) is 18.0. The molecule has 0 radical (unpaired) electrons. The van der Waals surface area contributed by atoms with E-state index in [2.05, 4.69) is 158 Å². The van der Waals surface area contributed by atoms with Gasteiger partial charge in [0.15, 0.2) is 0 Å². The number of nitrogens with one attached hydrogen (secondary N) is 1. The molecule has 2 heterocycles. The van der Waals surface area contributed by atoms with Crippen LogP contribution in [-0.4, -0.2) is 66.5 Å². The van der Waals surface area contributed by atoms with Crippen molar-refractivity contribution < 1.29 is 54.3 Å². The molecule has 0 bridgehead atoms. The molecule has 0 aliphatic heterocycles. The van der Waals surface area contributed by atoms with Gasteiger partial charge in [0.1, 0.15) is 18.0 Å². The Morgan fingerprint density at radius 3 is 1.27 bits per heavy atom. The van der Waals surface area contributed by atoms with Crippen molar-refractivity contribution >= 4 is 59.5 Å². The van der Waals surface area contributed by atoms with Crippen LogP contribution in [-0.2, 0) is 43.5 Å². The Kier molecular flexibility index (Phi) is 25.8. The maximum Gasteiger partial charge on any atom is 0.0967 e. The zero-order chi connectivity index (χ0) is 44.1. The van der Waals surface area contributed by atoms with Crippen molar-refractivity contribution in [3.8, 4) is 0 Å². The van der Waals surface area contributed by atoms with Crippen LogP contribution in [0.15, 0.2) is 170 Å². The first kappa shape index (κ1) is 51.9. The first-order valence-electron chi connectivity index (χ1n) is 18.6. The van der Waals surface area contributed by atoms with Crippen LogP contribution in [0.4, 0.5) is 17.6 Å². The molecule has 2 aromatic heterocycles. The van der Waals surface area contributed by atoms with Gasteiger partial charge in [-0.1, -0.05) is 84.9 Å². The van der Waals surface area contributed by atoms with Crippen LogP contribution in [0.2, 0.25) is 0 Å². The number of pyridine rings is 2. The predicted octanol–water partition coefficient (Wildman–Crippen LogP) is 7.35. The van der Waals surface area contributed by atoms with Gasteiger partial charge < -0.3 is 20.0 Å². The standard InChI is InChI=1S/C28H29NP2.C9H9F2NO2.C7H7F2NO.CHO.ClH.Ru.H/c1-5-13-25(14-6-1)30(26-15-7-2-8-16-26)23-21-29-22-24-31(27-17-9-3-10-18-27)28-19-11-4-12-20-28;1-2-14-8(13)9(10,11)7-5-3-4-6-12-7;8-7(9,5-11)6-3-1-2-4-10-6;1-2;;;/h1-20,29H,21-24H2;3-6H,2H2,1H3;1-4,11H,5H2;1H;1H;;/q;;;-1;;+3;/p+1. The van der Waals surface area contributed by atoms with E-state index in [1.54, 1.807) is 17.3 Å². The first-order valence-corrected chi connectivity index (χ1v) is 24.4. The van der Waals surface area contributed by atoms with Crippen molar-refractivity contribution in [2.75, 3.05) is 38.6 Å². The number of aliphatic hydroxyl groups excluding tert-OH is 1. The third kappa shape index (κ3) is 17.8. The molecule has 0 saturated heterocycles. The van der Waals surface area contributed by atoms with E-state index in [-0.39, 0.29) is 6.61 Å². The van der Waals surface area contributed by atoms with Gasteiger partial charge >= 0.3 is 44.8 Å². The van der Waals surface area contributed by atoms with Crippen LogP contribution in [0.1, 0.15) is 18.3 Å². The van der Waals surface area contributed by atoms with Gasteiger partial charge in [0.25, 0.3) is 0 Å². The number of halogens is 5. The maximum absolute atomic E-state index is 13.2. The number of esters is 1. The van der Waals surface area contributed by atoms with Gasteiger partial charge in [-0.05, 0) is 79.7 Å². The largest absolute Gasteiger partial charge is 0.310 e. The summed E-state index contributed by atoms with van der Waals surface area (Å²) >= 11 is 1.62. The molecule has 4 aromatic carbocycles. The maximum atomic E-state index is 13.2. The number of benzene rings is 4. The first-order chi connectivity index (χ1) is 29.2. The number of hydrogen-bond donors (Lipinski definition) is 2. The molecule has 0 fully saturated rings. The number of carbonyl (C=O) groups is 1. The predicted molar refractivity (Wildman–Crippen MR) is 238 cm³/mol. The fourth-order valence-electron chi connectivity index (χ4n) is 5.55. The quantitative estimate of drug-likeness (QED) is 0.0211. The van der Waals surface area contributed by atoms with Crippen LogP contribution < -0.4 is 26.5 Å². The summed E-state index contributed by atoms with van der Waals surface area (Å²) in [6.45, 7) is 5.56. The van der Waals surface area contributed by atoms with Gasteiger partial charge in [0.05, 0.1) is 56.0 Å². The Hall–Kier alpha value is -4.27. The van der Waals surface area contributed by atoms with Crippen molar-refractivity contribution in [1.29, 1.82) is 0 Å². The molecule has 0 spiro atoms. The van der Waals surface area contributed by atoms with Crippen LogP contribution in [0.25, 0.3) is 0 Å². The molecule has 60 heavy (non-hydrogen) atoms. The molecule has 0 saturated carbocycles. The van der Waals surface area contributed by atoms with Gasteiger partial charge in [-0.3, -0.25) is 16.8 Å². The topological polar surface area (TPSA) is 101 Å². The molecule has 7 nitrogen and oxygen atoms in total.